The number of ketones is 1. The Bertz CT molecular complexity index is 823. The van der Waals surface area contributed by atoms with E-state index in [0.29, 0.717) is 12.8 Å². The number of ether oxygens (including phenoxy) is 2. The van der Waals surface area contributed by atoms with Crippen LogP contribution in [0.15, 0.2) is 60.7 Å². The zero-order valence-electron chi connectivity index (χ0n) is 17.0. The van der Waals surface area contributed by atoms with Crippen molar-refractivity contribution >= 4 is 11.8 Å². The second-order valence-corrected chi connectivity index (χ2v) is 8.53. The van der Waals surface area contributed by atoms with Crippen molar-refractivity contribution < 1.29 is 19.1 Å². The molecule has 4 heteroatoms. The van der Waals surface area contributed by atoms with Crippen LogP contribution in [0.1, 0.15) is 51.3 Å². The molecule has 0 aromatic heterocycles. The average molecular weight is 380 g/mol. The van der Waals surface area contributed by atoms with Crippen LogP contribution in [0.3, 0.4) is 0 Å². The van der Waals surface area contributed by atoms with Crippen LogP contribution in [0.25, 0.3) is 0 Å². The zero-order chi connectivity index (χ0) is 20.4. The highest BCUT2D eigenvalue weighted by molar-refractivity contribution is 5.85. The van der Waals surface area contributed by atoms with E-state index in [1.54, 1.807) is 6.92 Å². The first-order valence-corrected chi connectivity index (χ1v) is 9.71. The van der Waals surface area contributed by atoms with Crippen LogP contribution in [0, 0.1) is 5.92 Å². The maximum Gasteiger partial charge on any atom is 0.339 e. The van der Waals surface area contributed by atoms with Gasteiger partial charge in [-0.25, -0.2) is 4.79 Å². The maximum atomic E-state index is 13.3. The maximum absolute atomic E-state index is 13.3. The molecule has 148 valence electrons. The largest absolute Gasteiger partial charge is 0.458 e. The van der Waals surface area contributed by atoms with Gasteiger partial charge in [-0.2, -0.15) is 0 Å². The predicted molar refractivity (Wildman–Crippen MR) is 108 cm³/mol. The van der Waals surface area contributed by atoms with Gasteiger partial charge >= 0.3 is 5.97 Å². The topological polar surface area (TPSA) is 52.6 Å². The molecule has 0 amide bonds. The van der Waals surface area contributed by atoms with Crippen LogP contribution in [-0.2, 0) is 25.5 Å². The van der Waals surface area contributed by atoms with Gasteiger partial charge in [0.2, 0.25) is 0 Å². The Labute approximate surface area is 166 Å². The van der Waals surface area contributed by atoms with E-state index >= 15 is 0 Å². The third-order valence-corrected chi connectivity index (χ3v) is 5.02. The minimum absolute atomic E-state index is 0.0207. The number of Topliss-reactive ketones (excluding diaryl/α,β-unsaturated/α-hetero) is 1. The summed E-state index contributed by atoms with van der Waals surface area (Å²) >= 11 is 0. The minimum atomic E-state index is -1.19. The van der Waals surface area contributed by atoms with Gasteiger partial charge in [-0.3, -0.25) is 4.79 Å². The first kappa shape index (κ1) is 20.3. The molecule has 2 aromatic rings. The summed E-state index contributed by atoms with van der Waals surface area (Å²) in [6.45, 7) is 7.09. The van der Waals surface area contributed by atoms with Gasteiger partial charge in [0.05, 0.1) is 12.0 Å². The lowest BCUT2D eigenvalue weighted by atomic mass is 9.83. The lowest BCUT2D eigenvalue weighted by Crippen LogP contribution is -2.45. The number of carbonyl (C=O) groups is 2. The number of hydrogen-bond donors (Lipinski definition) is 0. The highest BCUT2D eigenvalue weighted by atomic mass is 16.6. The molecule has 0 radical (unpaired) electrons. The molecule has 1 aliphatic rings. The van der Waals surface area contributed by atoms with Gasteiger partial charge in [0.15, 0.2) is 5.60 Å². The molecule has 0 bridgehead atoms. The van der Waals surface area contributed by atoms with Gasteiger partial charge in [0.25, 0.3) is 0 Å². The van der Waals surface area contributed by atoms with Gasteiger partial charge in [-0.05, 0) is 38.8 Å². The predicted octanol–water partition coefficient (Wildman–Crippen LogP) is 4.68. The summed E-state index contributed by atoms with van der Waals surface area (Å²) in [5, 5.41) is 0. The van der Waals surface area contributed by atoms with Crippen molar-refractivity contribution in [3.63, 3.8) is 0 Å². The molecule has 0 N–H and O–H groups in total. The van der Waals surface area contributed by atoms with Crippen LogP contribution in [0.5, 0.6) is 0 Å². The molecule has 1 heterocycles. The fourth-order valence-corrected chi connectivity index (χ4v) is 3.75. The Morgan fingerprint density at radius 1 is 1.04 bits per heavy atom. The fourth-order valence-electron chi connectivity index (χ4n) is 3.75. The number of esters is 1. The fraction of sp³-hybridized carbons (Fsp3) is 0.417. The van der Waals surface area contributed by atoms with E-state index in [0.717, 1.165) is 11.1 Å². The van der Waals surface area contributed by atoms with Crippen molar-refractivity contribution in [3.8, 4) is 0 Å². The van der Waals surface area contributed by atoms with Gasteiger partial charge in [-0.15, -0.1) is 0 Å². The quantitative estimate of drug-likeness (QED) is 0.707. The molecule has 1 aliphatic heterocycles. The third kappa shape index (κ3) is 4.50. The van der Waals surface area contributed by atoms with Crippen LogP contribution >= 0.6 is 0 Å². The first-order chi connectivity index (χ1) is 13.2. The lowest BCUT2D eigenvalue weighted by molar-refractivity contribution is -0.182. The van der Waals surface area contributed by atoms with E-state index < -0.39 is 29.2 Å². The van der Waals surface area contributed by atoms with E-state index in [1.807, 2.05) is 81.4 Å². The Morgan fingerprint density at radius 2 is 1.61 bits per heavy atom. The highest BCUT2D eigenvalue weighted by Crippen LogP contribution is 2.47. The number of rotatable bonds is 5. The van der Waals surface area contributed by atoms with Crippen molar-refractivity contribution in [1.82, 2.24) is 0 Å². The minimum Gasteiger partial charge on any atom is -0.458 e. The monoisotopic (exact) mass is 380 g/mol. The van der Waals surface area contributed by atoms with E-state index in [1.165, 1.54) is 0 Å². The van der Waals surface area contributed by atoms with Crippen molar-refractivity contribution in [2.24, 2.45) is 5.92 Å². The van der Waals surface area contributed by atoms with Crippen molar-refractivity contribution in [3.05, 3.63) is 71.8 Å². The standard InChI is InChI=1S/C24H28O4/c1-17(25)20-16-24(22(26)28-23(2,3)4,15-18-11-7-5-8-12-18)27-21(20)19-13-9-6-10-14-19/h5-14,20-21H,15-16H2,1-4H3/t20-,21+,24+/m1/s1. The first-order valence-electron chi connectivity index (χ1n) is 9.71. The highest BCUT2D eigenvalue weighted by Gasteiger charge is 2.55. The van der Waals surface area contributed by atoms with Gasteiger partial charge in [-0.1, -0.05) is 60.7 Å². The summed E-state index contributed by atoms with van der Waals surface area (Å²) in [5.74, 6) is -0.778. The summed E-state index contributed by atoms with van der Waals surface area (Å²) in [6, 6.07) is 19.4. The van der Waals surface area contributed by atoms with Gasteiger partial charge < -0.3 is 9.47 Å². The van der Waals surface area contributed by atoms with Gasteiger partial charge in [0, 0.05) is 12.8 Å². The average Bonchev–Trinajstić information content (AvgIpc) is 3.03. The third-order valence-electron chi connectivity index (χ3n) is 5.02. The Kier molecular flexibility index (Phi) is 5.71. The molecule has 1 fully saturated rings. The van der Waals surface area contributed by atoms with Gasteiger partial charge in [0.1, 0.15) is 11.4 Å². The van der Waals surface area contributed by atoms with E-state index in [-0.39, 0.29) is 5.78 Å². The molecule has 28 heavy (non-hydrogen) atoms. The molecule has 3 atom stereocenters. The molecule has 0 spiro atoms. The summed E-state index contributed by atoms with van der Waals surface area (Å²) in [4.78, 5) is 25.7. The normalized spacial score (nSPS) is 24.7. The zero-order valence-corrected chi connectivity index (χ0v) is 17.0. The second kappa shape index (κ2) is 7.88. The molecule has 2 aromatic carbocycles. The van der Waals surface area contributed by atoms with E-state index in [2.05, 4.69) is 0 Å². The van der Waals surface area contributed by atoms with Crippen molar-refractivity contribution in [2.75, 3.05) is 0 Å². The lowest BCUT2D eigenvalue weighted by Gasteiger charge is -2.31. The van der Waals surface area contributed by atoms with Crippen LogP contribution in [-0.4, -0.2) is 23.0 Å². The molecule has 0 unspecified atom stereocenters. The van der Waals surface area contributed by atoms with Crippen LogP contribution in [0.4, 0.5) is 0 Å². The molecule has 1 saturated heterocycles. The summed E-state index contributed by atoms with van der Waals surface area (Å²) in [6.07, 6.45) is 0.219. The summed E-state index contributed by atoms with van der Waals surface area (Å²) in [7, 11) is 0. The van der Waals surface area contributed by atoms with Crippen LogP contribution in [0.2, 0.25) is 0 Å². The molecule has 3 rings (SSSR count). The number of hydrogen-bond acceptors (Lipinski definition) is 4. The summed E-state index contributed by atoms with van der Waals surface area (Å²) in [5.41, 5.74) is 0.0529. The Balaban J connectivity index is 2.00. The van der Waals surface area contributed by atoms with E-state index in [4.69, 9.17) is 9.47 Å². The second-order valence-electron chi connectivity index (χ2n) is 8.53. The Morgan fingerprint density at radius 3 is 2.14 bits per heavy atom. The summed E-state index contributed by atoms with van der Waals surface area (Å²) < 4.78 is 12.2. The number of benzene rings is 2. The van der Waals surface area contributed by atoms with Crippen LogP contribution < -0.4 is 0 Å². The molecular formula is C24H28O4. The smallest absolute Gasteiger partial charge is 0.339 e. The van der Waals surface area contributed by atoms with Crippen molar-refractivity contribution in [2.45, 2.75) is 57.8 Å². The SMILES string of the molecule is CC(=O)[C@H]1C[C@@](Cc2ccccc2)(C(=O)OC(C)(C)C)O[C@H]1c1ccccc1. The molecule has 0 aliphatic carbocycles. The number of carbonyl (C=O) groups excluding carboxylic acids is 2. The molecular weight excluding hydrogens is 352 g/mol. The van der Waals surface area contributed by atoms with Crippen molar-refractivity contribution in [1.29, 1.82) is 0 Å². The molecule has 4 nitrogen and oxygen atoms in total. The van der Waals surface area contributed by atoms with E-state index in [9.17, 15) is 9.59 Å². The Hall–Kier alpha value is -2.46. The molecule has 0 saturated carbocycles.